The van der Waals surface area contributed by atoms with Crippen LogP contribution < -0.4 is 4.72 Å². The average Bonchev–Trinajstić information content (AvgIpc) is 2.22. The maximum atomic E-state index is 11.6. The first-order valence-electron chi connectivity index (χ1n) is 4.95. The van der Waals surface area contributed by atoms with Crippen LogP contribution in [-0.2, 0) is 19.6 Å². The Morgan fingerprint density at radius 3 is 2.72 bits per heavy atom. The number of ether oxygens (including phenoxy) is 1. The van der Waals surface area contributed by atoms with Crippen molar-refractivity contribution in [1.29, 1.82) is 0 Å². The van der Waals surface area contributed by atoms with E-state index in [1.165, 1.54) is 12.1 Å². The molecule has 0 saturated heterocycles. The highest BCUT2D eigenvalue weighted by Crippen LogP contribution is 2.25. The third-order valence-corrected chi connectivity index (χ3v) is 4.20. The van der Waals surface area contributed by atoms with Crippen LogP contribution in [0, 0.1) is 0 Å². The molecule has 1 rings (SSSR count). The van der Waals surface area contributed by atoms with Crippen LogP contribution in [0.5, 0.6) is 0 Å². The lowest BCUT2D eigenvalue weighted by atomic mass is 10.3. The van der Waals surface area contributed by atoms with Gasteiger partial charge in [-0.25, -0.2) is 8.42 Å². The Hall–Kier alpha value is -0.790. The average molecular weight is 357 g/mol. The molecule has 0 bridgehead atoms. The van der Waals surface area contributed by atoms with Gasteiger partial charge in [0.15, 0.2) is 5.75 Å². The van der Waals surface area contributed by atoms with Gasteiger partial charge in [0.2, 0.25) is 10.0 Å². The molecule has 1 aromatic rings. The van der Waals surface area contributed by atoms with Crippen LogP contribution in [0.4, 0.5) is 5.69 Å². The molecule has 0 amide bonds. The topological polar surface area (TPSA) is 72.5 Å². The second-order valence-electron chi connectivity index (χ2n) is 3.30. The van der Waals surface area contributed by atoms with E-state index in [-0.39, 0.29) is 12.3 Å². The van der Waals surface area contributed by atoms with Crippen molar-refractivity contribution in [3.8, 4) is 0 Å². The summed E-state index contributed by atoms with van der Waals surface area (Å²) in [7, 11) is -3.78. The summed E-state index contributed by atoms with van der Waals surface area (Å²) in [4.78, 5) is 11.1. The van der Waals surface area contributed by atoms with Gasteiger partial charge in [0, 0.05) is 4.47 Å². The molecule has 0 unspecified atom stereocenters. The molecule has 0 aliphatic heterocycles. The molecule has 0 aromatic heterocycles. The number of anilines is 1. The summed E-state index contributed by atoms with van der Waals surface area (Å²) in [6, 6.07) is 4.57. The third-order valence-electron chi connectivity index (χ3n) is 1.81. The van der Waals surface area contributed by atoms with Gasteiger partial charge in [-0.1, -0.05) is 11.6 Å². The van der Waals surface area contributed by atoms with Crippen molar-refractivity contribution in [1.82, 2.24) is 0 Å². The van der Waals surface area contributed by atoms with Gasteiger partial charge < -0.3 is 4.74 Å². The molecule has 0 spiro atoms. The number of hydrogen-bond donors (Lipinski definition) is 1. The normalized spacial score (nSPS) is 11.1. The molecule has 18 heavy (non-hydrogen) atoms. The van der Waals surface area contributed by atoms with Crippen molar-refractivity contribution < 1.29 is 17.9 Å². The summed E-state index contributed by atoms with van der Waals surface area (Å²) < 4.78 is 30.7. The van der Waals surface area contributed by atoms with Crippen molar-refractivity contribution in [2.75, 3.05) is 17.1 Å². The Bertz CT molecular complexity index is 547. The third kappa shape index (κ3) is 4.83. The minimum absolute atomic E-state index is 0.137. The number of nitrogens with one attached hydrogen (secondary N) is 1. The van der Waals surface area contributed by atoms with Gasteiger partial charge in [0.25, 0.3) is 0 Å². The van der Waals surface area contributed by atoms with E-state index < -0.39 is 21.7 Å². The smallest absolute Gasteiger partial charge is 0.323 e. The zero-order chi connectivity index (χ0) is 13.8. The molecule has 0 atom stereocenters. The summed E-state index contributed by atoms with van der Waals surface area (Å²) in [5.41, 5.74) is 0.285. The lowest BCUT2D eigenvalue weighted by Crippen LogP contribution is -2.24. The van der Waals surface area contributed by atoms with E-state index in [2.05, 4.69) is 25.4 Å². The fraction of sp³-hybridized carbons (Fsp3) is 0.300. The Balaban J connectivity index is 2.76. The summed E-state index contributed by atoms with van der Waals surface area (Å²) >= 11 is 9.01. The molecule has 8 heteroatoms. The lowest BCUT2D eigenvalue weighted by molar-refractivity contribution is -0.139. The summed E-state index contributed by atoms with van der Waals surface area (Å²) in [5.74, 6) is -1.53. The van der Waals surface area contributed by atoms with Crippen molar-refractivity contribution in [2.45, 2.75) is 6.92 Å². The van der Waals surface area contributed by atoms with Gasteiger partial charge in [0.05, 0.1) is 17.3 Å². The Morgan fingerprint density at radius 2 is 2.17 bits per heavy atom. The quantitative estimate of drug-likeness (QED) is 0.822. The number of hydrogen-bond acceptors (Lipinski definition) is 4. The Kier molecular flexibility index (Phi) is 5.43. The SMILES string of the molecule is CCOC(=O)CS(=O)(=O)Nc1ccc(Br)c(Cl)c1. The summed E-state index contributed by atoms with van der Waals surface area (Å²) in [6.07, 6.45) is 0. The van der Waals surface area contributed by atoms with E-state index >= 15 is 0 Å². The number of halogens is 2. The molecular weight excluding hydrogens is 346 g/mol. The first-order valence-corrected chi connectivity index (χ1v) is 7.77. The minimum atomic E-state index is -3.78. The van der Waals surface area contributed by atoms with Gasteiger partial charge in [-0.2, -0.15) is 0 Å². The highest BCUT2D eigenvalue weighted by molar-refractivity contribution is 9.10. The van der Waals surface area contributed by atoms with Crippen molar-refractivity contribution in [3.63, 3.8) is 0 Å². The van der Waals surface area contributed by atoms with Gasteiger partial charge in [-0.05, 0) is 41.1 Å². The van der Waals surface area contributed by atoms with Crippen LogP contribution >= 0.6 is 27.5 Å². The maximum Gasteiger partial charge on any atom is 0.323 e. The van der Waals surface area contributed by atoms with E-state index in [4.69, 9.17) is 11.6 Å². The fourth-order valence-corrected chi connectivity index (χ4v) is 2.51. The van der Waals surface area contributed by atoms with E-state index in [1.54, 1.807) is 13.0 Å². The molecule has 0 saturated carbocycles. The number of benzene rings is 1. The molecule has 1 N–H and O–H groups in total. The van der Waals surface area contributed by atoms with Gasteiger partial charge in [0.1, 0.15) is 0 Å². The van der Waals surface area contributed by atoms with E-state index in [0.717, 1.165) is 0 Å². The predicted molar refractivity (Wildman–Crippen MR) is 73.2 cm³/mol. The van der Waals surface area contributed by atoms with Crippen LogP contribution in [-0.4, -0.2) is 26.7 Å². The van der Waals surface area contributed by atoms with Crippen molar-refractivity contribution in [2.24, 2.45) is 0 Å². The standard InChI is InChI=1S/C10H11BrClNO4S/c1-2-17-10(14)6-18(15,16)13-7-3-4-8(11)9(12)5-7/h3-5,13H,2,6H2,1H3. The monoisotopic (exact) mass is 355 g/mol. The fourth-order valence-electron chi connectivity index (χ4n) is 1.13. The summed E-state index contributed by atoms with van der Waals surface area (Å²) in [6.45, 7) is 1.74. The lowest BCUT2D eigenvalue weighted by Gasteiger charge is -2.08. The second kappa shape index (κ2) is 6.40. The molecular formula is C10H11BrClNO4S. The zero-order valence-corrected chi connectivity index (χ0v) is 12.6. The molecule has 1 aromatic carbocycles. The number of carbonyl (C=O) groups is 1. The first-order chi connectivity index (χ1) is 8.34. The maximum absolute atomic E-state index is 11.6. The van der Waals surface area contributed by atoms with Gasteiger partial charge in [-0.3, -0.25) is 9.52 Å². The van der Waals surface area contributed by atoms with Gasteiger partial charge in [-0.15, -0.1) is 0 Å². The van der Waals surface area contributed by atoms with Crippen LogP contribution in [0.3, 0.4) is 0 Å². The van der Waals surface area contributed by atoms with E-state index in [0.29, 0.717) is 9.50 Å². The van der Waals surface area contributed by atoms with E-state index in [1.807, 2.05) is 0 Å². The van der Waals surface area contributed by atoms with Crippen molar-refractivity contribution in [3.05, 3.63) is 27.7 Å². The molecule has 0 aliphatic rings. The number of rotatable bonds is 5. The first kappa shape index (κ1) is 15.3. The largest absolute Gasteiger partial charge is 0.465 e. The highest BCUT2D eigenvalue weighted by Gasteiger charge is 2.17. The predicted octanol–water partition coefficient (Wildman–Crippen LogP) is 2.41. The molecule has 5 nitrogen and oxygen atoms in total. The molecule has 100 valence electrons. The molecule has 0 heterocycles. The molecule has 0 fully saturated rings. The number of esters is 1. The van der Waals surface area contributed by atoms with Crippen LogP contribution in [0.1, 0.15) is 6.92 Å². The number of carbonyl (C=O) groups excluding carboxylic acids is 1. The van der Waals surface area contributed by atoms with Crippen molar-refractivity contribution >= 4 is 49.2 Å². The van der Waals surface area contributed by atoms with E-state index in [9.17, 15) is 13.2 Å². The zero-order valence-electron chi connectivity index (χ0n) is 9.44. The highest BCUT2D eigenvalue weighted by atomic mass is 79.9. The van der Waals surface area contributed by atoms with Gasteiger partial charge >= 0.3 is 5.97 Å². The molecule has 0 aliphatic carbocycles. The Labute approximate surface area is 119 Å². The van der Waals surface area contributed by atoms with Crippen LogP contribution in [0.15, 0.2) is 22.7 Å². The number of sulfonamides is 1. The second-order valence-corrected chi connectivity index (χ2v) is 6.28. The Morgan fingerprint density at radius 1 is 1.50 bits per heavy atom. The summed E-state index contributed by atoms with van der Waals surface area (Å²) in [5, 5.41) is 0.367. The van der Waals surface area contributed by atoms with Crippen LogP contribution in [0.2, 0.25) is 5.02 Å². The van der Waals surface area contributed by atoms with Crippen LogP contribution in [0.25, 0.3) is 0 Å². The molecule has 0 radical (unpaired) electrons. The minimum Gasteiger partial charge on any atom is -0.465 e.